The third-order valence-corrected chi connectivity index (χ3v) is 3.74. The van der Waals surface area contributed by atoms with Crippen molar-refractivity contribution in [1.82, 2.24) is 9.55 Å². The van der Waals surface area contributed by atoms with Gasteiger partial charge in [0.15, 0.2) is 0 Å². The summed E-state index contributed by atoms with van der Waals surface area (Å²) < 4.78 is 7.40. The van der Waals surface area contributed by atoms with E-state index >= 15 is 0 Å². The molecule has 0 radical (unpaired) electrons. The van der Waals surface area contributed by atoms with E-state index in [0.29, 0.717) is 6.61 Å². The second-order valence-corrected chi connectivity index (χ2v) is 5.64. The lowest BCUT2D eigenvalue weighted by atomic mass is 10.0. The first-order valence-corrected chi connectivity index (χ1v) is 7.39. The number of aromatic nitrogens is 2. The molecule has 2 unspecified atom stereocenters. The quantitative estimate of drug-likeness (QED) is 0.876. The molecule has 4 nitrogen and oxygen atoms in total. The molecule has 4 heteroatoms. The Hall–Kier alpha value is -1.81. The summed E-state index contributed by atoms with van der Waals surface area (Å²) in [5, 5.41) is 3.52. The molecule has 2 atom stereocenters. The maximum atomic E-state index is 5.25. The number of ether oxygens (including phenoxy) is 1. The minimum atomic E-state index is 0.210. The van der Waals surface area contributed by atoms with Crippen molar-refractivity contribution in [3.8, 4) is 0 Å². The molecule has 2 aromatic rings. The number of benzene rings is 1. The molecule has 0 saturated carbocycles. The summed E-state index contributed by atoms with van der Waals surface area (Å²) in [7, 11) is 1.73. The Morgan fingerprint density at radius 1 is 1.24 bits per heavy atom. The molecule has 114 valence electrons. The van der Waals surface area contributed by atoms with Crippen LogP contribution in [0.15, 0.2) is 30.5 Å². The Kier molecular flexibility index (Phi) is 5.02. The van der Waals surface area contributed by atoms with Gasteiger partial charge in [0, 0.05) is 13.3 Å². The molecule has 0 bridgehead atoms. The van der Waals surface area contributed by atoms with E-state index in [1.54, 1.807) is 7.11 Å². The highest BCUT2D eigenvalue weighted by atomic mass is 16.5. The fourth-order valence-electron chi connectivity index (χ4n) is 2.62. The molecule has 0 spiro atoms. The minimum Gasteiger partial charge on any atom is -0.383 e. The zero-order valence-electron chi connectivity index (χ0n) is 13.6. The van der Waals surface area contributed by atoms with Crippen LogP contribution in [0, 0.1) is 13.8 Å². The highest BCUT2D eigenvalue weighted by Crippen LogP contribution is 2.23. The van der Waals surface area contributed by atoms with Crippen molar-refractivity contribution >= 4 is 5.95 Å². The van der Waals surface area contributed by atoms with Crippen molar-refractivity contribution in [3.05, 3.63) is 47.3 Å². The van der Waals surface area contributed by atoms with Crippen LogP contribution in [0.5, 0.6) is 0 Å². The number of hydrogen-bond donors (Lipinski definition) is 1. The van der Waals surface area contributed by atoms with Crippen LogP contribution in [0.2, 0.25) is 0 Å². The minimum absolute atomic E-state index is 0.210. The van der Waals surface area contributed by atoms with E-state index < -0.39 is 0 Å². The first-order chi connectivity index (χ1) is 10.0. The Morgan fingerprint density at radius 2 is 1.95 bits per heavy atom. The molecule has 0 amide bonds. The number of nitrogens with zero attached hydrogens (tertiary/aromatic N) is 2. The van der Waals surface area contributed by atoms with E-state index in [4.69, 9.17) is 4.74 Å². The SMILES string of the molecule is COCC(C)n1cc(C)nc1NC(C)c1ccccc1C. The number of aryl methyl sites for hydroxylation is 2. The Bertz CT molecular complexity index is 591. The van der Waals surface area contributed by atoms with Crippen molar-refractivity contribution in [2.24, 2.45) is 0 Å². The lowest BCUT2D eigenvalue weighted by molar-refractivity contribution is 0.163. The lowest BCUT2D eigenvalue weighted by Gasteiger charge is -2.20. The third-order valence-electron chi connectivity index (χ3n) is 3.74. The molecule has 0 aliphatic rings. The van der Waals surface area contributed by atoms with Gasteiger partial charge in [-0.25, -0.2) is 4.98 Å². The van der Waals surface area contributed by atoms with E-state index in [1.165, 1.54) is 11.1 Å². The van der Waals surface area contributed by atoms with E-state index in [1.807, 2.05) is 6.92 Å². The van der Waals surface area contributed by atoms with Gasteiger partial charge in [-0.15, -0.1) is 0 Å². The van der Waals surface area contributed by atoms with Crippen LogP contribution < -0.4 is 5.32 Å². The fraction of sp³-hybridized carbons (Fsp3) is 0.471. The Labute approximate surface area is 127 Å². The van der Waals surface area contributed by atoms with E-state index in [0.717, 1.165) is 11.6 Å². The summed E-state index contributed by atoms with van der Waals surface area (Å²) in [4.78, 5) is 4.61. The first-order valence-electron chi connectivity index (χ1n) is 7.39. The third kappa shape index (κ3) is 3.64. The number of imidazole rings is 1. The maximum absolute atomic E-state index is 5.25. The number of rotatable bonds is 6. The topological polar surface area (TPSA) is 39.1 Å². The smallest absolute Gasteiger partial charge is 0.203 e. The van der Waals surface area contributed by atoms with Gasteiger partial charge in [0.2, 0.25) is 5.95 Å². The predicted octanol–water partition coefficient (Wildman–Crippen LogP) is 3.88. The van der Waals surface area contributed by atoms with Crippen LogP contribution in [0.25, 0.3) is 0 Å². The van der Waals surface area contributed by atoms with Crippen LogP contribution in [-0.2, 0) is 4.74 Å². The van der Waals surface area contributed by atoms with E-state index in [-0.39, 0.29) is 12.1 Å². The number of anilines is 1. The molecule has 1 aromatic carbocycles. The average Bonchev–Trinajstić information content (AvgIpc) is 2.80. The standard InChI is InChI=1S/C17H25N3O/c1-12-8-6-7-9-16(12)15(4)19-17-18-13(2)10-20(17)14(3)11-21-5/h6-10,14-15H,11H2,1-5H3,(H,18,19). The first kappa shape index (κ1) is 15.6. The van der Waals surface area contributed by atoms with E-state index in [2.05, 4.69) is 66.1 Å². The molecule has 2 rings (SSSR count). The zero-order chi connectivity index (χ0) is 15.4. The fourth-order valence-corrected chi connectivity index (χ4v) is 2.62. The van der Waals surface area contributed by atoms with Crippen LogP contribution in [0.1, 0.15) is 42.8 Å². The molecule has 0 aliphatic carbocycles. The molecule has 21 heavy (non-hydrogen) atoms. The normalized spacial score (nSPS) is 14.0. The summed E-state index contributed by atoms with van der Waals surface area (Å²) in [5.41, 5.74) is 3.60. The molecular formula is C17H25N3O. The number of hydrogen-bond acceptors (Lipinski definition) is 3. The van der Waals surface area contributed by atoms with Gasteiger partial charge in [-0.1, -0.05) is 24.3 Å². The van der Waals surface area contributed by atoms with Crippen molar-refractivity contribution in [2.75, 3.05) is 19.0 Å². The molecule has 0 aliphatic heterocycles. The van der Waals surface area contributed by atoms with Gasteiger partial charge in [-0.3, -0.25) is 0 Å². The van der Waals surface area contributed by atoms with Gasteiger partial charge >= 0.3 is 0 Å². The van der Waals surface area contributed by atoms with Crippen LogP contribution >= 0.6 is 0 Å². The summed E-state index contributed by atoms with van der Waals surface area (Å²) in [6.07, 6.45) is 2.07. The van der Waals surface area contributed by atoms with Crippen molar-refractivity contribution < 1.29 is 4.74 Å². The van der Waals surface area contributed by atoms with Crippen LogP contribution in [0.4, 0.5) is 5.95 Å². The Balaban J connectivity index is 2.21. The summed E-state index contributed by atoms with van der Waals surface area (Å²) in [5.74, 6) is 0.896. The maximum Gasteiger partial charge on any atom is 0.203 e. The second-order valence-electron chi connectivity index (χ2n) is 5.64. The van der Waals surface area contributed by atoms with Crippen LogP contribution in [-0.4, -0.2) is 23.3 Å². The van der Waals surface area contributed by atoms with Gasteiger partial charge in [0.25, 0.3) is 0 Å². The highest BCUT2D eigenvalue weighted by Gasteiger charge is 2.15. The Morgan fingerprint density at radius 3 is 2.62 bits per heavy atom. The predicted molar refractivity (Wildman–Crippen MR) is 86.8 cm³/mol. The van der Waals surface area contributed by atoms with Crippen molar-refractivity contribution in [1.29, 1.82) is 0 Å². The molecule has 0 fully saturated rings. The molecule has 0 saturated heterocycles. The van der Waals surface area contributed by atoms with E-state index in [9.17, 15) is 0 Å². The van der Waals surface area contributed by atoms with Gasteiger partial charge in [0.05, 0.1) is 24.4 Å². The lowest BCUT2D eigenvalue weighted by Crippen LogP contribution is -2.16. The summed E-state index contributed by atoms with van der Waals surface area (Å²) in [6.45, 7) is 9.12. The van der Waals surface area contributed by atoms with Crippen molar-refractivity contribution in [2.45, 2.75) is 39.8 Å². The number of methoxy groups -OCH3 is 1. The molecule has 1 aromatic heterocycles. The average molecular weight is 287 g/mol. The second kappa shape index (κ2) is 6.76. The van der Waals surface area contributed by atoms with Gasteiger partial charge in [0.1, 0.15) is 0 Å². The largest absolute Gasteiger partial charge is 0.383 e. The monoisotopic (exact) mass is 287 g/mol. The van der Waals surface area contributed by atoms with Crippen LogP contribution in [0.3, 0.4) is 0 Å². The summed E-state index contributed by atoms with van der Waals surface area (Å²) >= 11 is 0. The van der Waals surface area contributed by atoms with Gasteiger partial charge in [-0.05, 0) is 38.8 Å². The number of nitrogens with one attached hydrogen (secondary N) is 1. The molecular weight excluding hydrogens is 262 g/mol. The van der Waals surface area contributed by atoms with Gasteiger partial charge in [-0.2, -0.15) is 0 Å². The van der Waals surface area contributed by atoms with Gasteiger partial charge < -0.3 is 14.6 Å². The van der Waals surface area contributed by atoms with Crippen molar-refractivity contribution in [3.63, 3.8) is 0 Å². The highest BCUT2D eigenvalue weighted by molar-refractivity contribution is 5.37. The summed E-state index contributed by atoms with van der Waals surface area (Å²) in [6, 6.07) is 8.90. The zero-order valence-corrected chi connectivity index (χ0v) is 13.6. The molecule has 1 heterocycles. The molecule has 1 N–H and O–H groups in total.